The molecular formula is C14H17FN2O2. The van der Waals surface area contributed by atoms with Gasteiger partial charge in [-0.05, 0) is 25.8 Å². The van der Waals surface area contributed by atoms with Gasteiger partial charge in [-0.3, -0.25) is 0 Å². The Bertz CT molecular complexity index is 588. The molecule has 0 spiro atoms. The number of fused-ring (bicyclic) bond motifs is 1. The third-order valence-electron chi connectivity index (χ3n) is 3.00. The second-order valence-corrected chi connectivity index (χ2v) is 4.60. The lowest BCUT2D eigenvalue weighted by Gasteiger charge is -2.19. The van der Waals surface area contributed by atoms with Crippen molar-refractivity contribution in [2.24, 2.45) is 4.99 Å². The predicted octanol–water partition coefficient (Wildman–Crippen LogP) is 2.94. The number of alkyl halides is 1. The van der Waals surface area contributed by atoms with Gasteiger partial charge in [0.15, 0.2) is 6.17 Å². The highest BCUT2D eigenvalue weighted by molar-refractivity contribution is 5.98. The van der Waals surface area contributed by atoms with Gasteiger partial charge in [-0.15, -0.1) is 0 Å². The SMILES string of the molecule is C=C1NC(C(C)F)=Nc2oc(=O)c(CCCC)cc21. The standard InChI is InChI=1S/C14H17FN2O2/c1-4-5-6-10-7-11-9(3)16-12(8(2)15)17-13(11)19-14(10)18/h7-8H,3-6H2,1-2H3,(H,16,17). The van der Waals surface area contributed by atoms with Crippen molar-refractivity contribution in [1.29, 1.82) is 0 Å². The first-order valence-corrected chi connectivity index (χ1v) is 6.39. The minimum absolute atomic E-state index is 0.113. The molecule has 1 aliphatic heterocycles. The van der Waals surface area contributed by atoms with Crippen LogP contribution in [0.25, 0.3) is 5.70 Å². The summed E-state index contributed by atoms with van der Waals surface area (Å²) in [5.74, 6) is 0.246. The maximum absolute atomic E-state index is 13.2. The Hall–Kier alpha value is -1.91. The zero-order chi connectivity index (χ0) is 14.0. The number of hydrogen-bond acceptors (Lipinski definition) is 4. The monoisotopic (exact) mass is 264 g/mol. The van der Waals surface area contributed by atoms with Gasteiger partial charge in [0.05, 0.1) is 5.56 Å². The lowest BCUT2D eigenvalue weighted by molar-refractivity contribution is 0.444. The molecule has 0 fully saturated rings. The van der Waals surface area contributed by atoms with E-state index in [0.29, 0.717) is 23.2 Å². The van der Waals surface area contributed by atoms with E-state index in [1.807, 2.05) is 0 Å². The Morgan fingerprint density at radius 1 is 1.58 bits per heavy atom. The van der Waals surface area contributed by atoms with Crippen molar-refractivity contribution in [3.8, 4) is 0 Å². The average molecular weight is 264 g/mol. The van der Waals surface area contributed by atoms with Crippen LogP contribution in [0.15, 0.2) is 26.8 Å². The summed E-state index contributed by atoms with van der Waals surface area (Å²) in [5.41, 5.74) is 1.33. The molecule has 0 saturated heterocycles. The largest absolute Gasteiger partial charge is 0.403 e. The second-order valence-electron chi connectivity index (χ2n) is 4.60. The molecule has 0 aromatic carbocycles. The third-order valence-corrected chi connectivity index (χ3v) is 3.00. The molecule has 19 heavy (non-hydrogen) atoms. The molecule has 102 valence electrons. The van der Waals surface area contributed by atoms with E-state index in [2.05, 4.69) is 23.8 Å². The fourth-order valence-corrected chi connectivity index (χ4v) is 1.89. The van der Waals surface area contributed by atoms with Crippen molar-refractivity contribution >= 4 is 17.4 Å². The summed E-state index contributed by atoms with van der Waals surface area (Å²) in [6.45, 7) is 7.23. The quantitative estimate of drug-likeness (QED) is 0.909. The number of hydrogen-bond donors (Lipinski definition) is 1. The van der Waals surface area contributed by atoms with Crippen LogP contribution in [0, 0.1) is 0 Å². The van der Waals surface area contributed by atoms with E-state index in [4.69, 9.17) is 4.42 Å². The molecular weight excluding hydrogens is 247 g/mol. The molecule has 4 nitrogen and oxygen atoms in total. The number of rotatable bonds is 4. The molecule has 2 heterocycles. The van der Waals surface area contributed by atoms with E-state index in [0.717, 1.165) is 12.8 Å². The Labute approximate surface area is 111 Å². The molecule has 0 aliphatic carbocycles. The van der Waals surface area contributed by atoms with Crippen molar-refractivity contribution < 1.29 is 8.81 Å². The van der Waals surface area contributed by atoms with E-state index >= 15 is 0 Å². The van der Waals surface area contributed by atoms with E-state index in [1.165, 1.54) is 6.92 Å². The molecule has 0 amide bonds. The molecule has 1 atom stereocenters. The van der Waals surface area contributed by atoms with Crippen molar-refractivity contribution in [2.45, 2.75) is 39.3 Å². The molecule has 1 aromatic heterocycles. The first kappa shape index (κ1) is 13.5. The lowest BCUT2D eigenvalue weighted by atomic mass is 10.1. The van der Waals surface area contributed by atoms with Crippen molar-refractivity contribution in [3.05, 3.63) is 34.2 Å². The molecule has 2 rings (SSSR count). The van der Waals surface area contributed by atoms with Gasteiger partial charge >= 0.3 is 5.63 Å². The van der Waals surface area contributed by atoms with Gasteiger partial charge in [0.1, 0.15) is 5.84 Å². The summed E-state index contributed by atoms with van der Waals surface area (Å²) in [6, 6.07) is 1.73. The highest BCUT2D eigenvalue weighted by Gasteiger charge is 2.22. The molecule has 1 aromatic rings. The van der Waals surface area contributed by atoms with E-state index in [9.17, 15) is 9.18 Å². The maximum Gasteiger partial charge on any atom is 0.340 e. The fourth-order valence-electron chi connectivity index (χ4n) is 1.89. The summed E-state index contributed by atoms with van der Waals surface area (Å²) in [5, 5.41) is 2.79. The molecule has 1 aliphatic rings. The molecule has 0 saturated carbocycles. The van der Waals surface area contributed by atoms with Crippen LogP contribution in [-0.2, 0) is 6.42 Å². The molecule has 1 N–H and O–H groups in total. The van der Waals surface area contributed by atoms with Crippen LogP contribution >= 0.6 is 0 Å². The number of amidine groups is 1. The van der Waals surface area contributed by atoms with Crippen LogP contribution in [0.2, 0.25) is 0 Å². The third kappa shape index (κ3) is 2.75. The van der Waals surface area contributed by atoms with Crippen LogP contribution in [0.5, 0.6) is 0 Å². The number of nitrogens with zero attached hydrogens (tertiary/aromatic N) is 1. The van der Waals surface area contributed by atoms with Crippen molar-refractivity contribution in [2.75, 3.05) is 0 Å². The Kier molecular flexibility index (Phi) is 3.83. The van der Waals surface area contributed by atoms with Gasteiger partial charge in [-0.2, -0.15) is 4.99 Å². The van der Waals surface area contributed by atoms with Gasteiger partial charge < -0.3 is 9.73 Å². The average Bonchev–Trinajstić information content (AvgIpc) is 2.36. The molecule has 0 bridgehead atoms. The second kappa shape index (κ2) is 5.38. The Morgan fingerprint density at radius 3 is 2.95 bits per heavy atom. The number of nitrogens with one attached hydrogen (secondary N) is 1. The Balaban J connectivity index is 2.44. The smallest absolute Gasteiger partial charge is 0.340 e. The van der Waals surface area contributed by atoms with Gasteiger partial charge in [-0.1, -0.05) is 19.9 Å². The van der Waals surface area contributed by atoms with Gasteiger partial charge in [-0.25, -0.2) is 9.18 Å². The van der Waals surface area contributed by atoms with Crippen LogP contribution in [-0.4, -0.2) is 12.0 Å². The van der Waals surface area contributed by atoms with E-state index in [-0.39, 0.29) is 11.7 Å². The number of aliphatic imine (C=N–C) groups is 1. The number of unbranched alkanes of at least 4 members (excludes halogenated alkanes) is 1. The predicted molar refractivity (Wildman–Crippen MR) is 73.4 cm³/mol. The summed E-state index contributed by atoms with van der Waals surface area (Å²) >= 11 is 0. The lowest BCUT2D eigenvalue weighted by Crippen LogP contribution is -2.31. The summed E-state index contributed by atoms with van der Waals surface area (Å²) in [4.78, 5) is 15.8. The summed E-state index contributed by atoms with van der Waals surface area (Å²) in [6.07, 6.45) is 1.31. The fraction of sp³-hybridized carbons (Fsp3) is 0.429. The minimum Gasteiger partial charge on any atom is -0.403 e. The van der Waals surface area contributed by atoms with Crippen LogP contribution in [0.4, 0.5) is 10.3 Å². The zero-order valence-electron chi connectivity index (χ0n) is 11.1. The normalized spacial score (nSPS) is 15.5. The minimum atomic E-state index is -1.27. The van der Waals surface area contributed by atoms with Crippen LogP contribution in [0.3, 0.4) is 0 Å². The first-order chi connectivity index (χ1) is 9.02. The summed E-state index contributed by atoms with van der Waals surface area (Å²) < 4.78 is 18.4. The van der Waals surface area contributed by atoms with E-state index < -0.39 is 11.8 Å². The van der Waals surface area contributed by atoms with Crippen LogP contribution in [0.1, 0.15) is 37.8 Å². The maximum atomic E-state index is 13.2. The first-order valence-electron chi connectivity index (χ1n) is 6.39. The topological polar surface area (TPSA) is 54.6 Å². The number of aryl methyl sites for hydroxylation is 1. The summed E-state index contributed by atoms with van der Waals surface area (Å²) in [7, 11) is 0. The Morgan fingerprint density at radius 2 is 2.32 bits per heavy atom. The highest BCUT2D eigenvalue weighted by atomic mass is 19.1. The van der Waals surface area contributed by atoms with Crippen LogP contribution < -0.4 is 10.9 Å². The number of halogens is 1. The van der Waals surface area contributed by atoms with Gasteiger partial charge in [0.2, 0.25) is 5.88 Å². The van der Waals surface area contributed by atoms with Gasteiger partial charge in [0, 0.05) is 11.3 Å². The van der Waals surface area contributed by atoms with Crippen molar-refractivity contribution in [1.82, 2.24) is 5.32 Å². The molecule has 1 unspecified atom stereocenters. The molecule has 5 heteroatoms. The molecule has 0 radical (unpaired) electrons. The van der Waals surface area contributed by atoms with Crippen molar-refractivity contribution in [3.63, 3.8) is 0 Å². The van der Waals surface area contributed by atoms with E-state index in [1.54, 1.807) is 6.07 Å². The highest BCUT2D eigenvalue weighted by Crippen LogP contribution is 2.28. The van der Waals surface area contributed by atoms with Gasteiger partial charge in [0.25, 0.3) is 0 Å². The zero-order valence-corrected chi connectivity index (χ0v) is 11.1.